The van der Waals surface area contributed by atoms with Crippen LogP contribution in [0.2, 0.25) is 0 Å². The third kappa shape index (κ3) is 4.80. The molecule has 3 aromatic rings. The van der Waals surface area contributed by atoms with Crippen molar-refractivity contribution in [1.82, 2.24) is 14.9 Å². The minimum atomic E-state index is 0.258. The molecule has 33 heavy (non-hydrogen) atoms. The van der Waals surface area contributed by atoms with Crippen molar-refractivity contribution >= 4 is 11.6 Å². The van der Waals surface area contributed by atoms with Gasteiger partial charge in [-0.2, -0.15) is 0 Å². The first-order chi connectivity index (χ1) is 16.2. The first-order valence-electron chi connectivity index (χ1n) is 11.3. The summed E-state index contributed by atoms with van der Waals surface area (Å²) in [5, 5.41) is 3.27. The van der Waals surface area contributed by atoms with Gasteiger partial charge in [0.25, 0.3) is 0 Å². The van der Waals surface area contributed by atoms with E-state index in [1.54, 1.807) is 0 Å². The quantitative estimate of drug-likeness (QED) is 0.546. The van der Waals surface area contributed by atoms with Gasteiger partial charge in [0, 0.05) is 49.6 Å². The lowest BCUT2D eigenvalue weighted by molar-refractivity contribution is 0.174. The van der Waals surface area contributed by atoms with Crippen LogP contribution in [0.1, 0.15) is 30.7 Å². The Balaban J connectivity index is 1.24. The average molecular weight is 449 g/mol. The van der Waals surface area contributed by atoms with Crippen LogP contribution in [0, 0.1) is 0 Å². The number of anilines is 2. The molecule has 172 valence electrons. The number of ether oxygens (including phenoxy) is 4. The van der Waals surface area contributed by atoms with Gasteiger partial charge in [-0.15, -0.1) is 0 Å². The van der Waals surface area contributed by atoms with Gasteiger partial charge in [0.05, 0.1) is 18.9 Å². The van der Waals surface area contributed by atoms with Crippen LogP contribution in [0.3, 0.4) is 0 Å². The summed E-state index contributed by atoms with van der Waals surface area (Å²) in [5.41, 5.74) is 4.32. The van der Waals surface area contributed by atoms with Gasteiger partial charge >= 0.3 is 0 Å². The summed E-state index contributed by atoms with van der Waals surface area (Å²) in [4.78, 5) is 11.7. The van der Waals surface area contributed by atoms with Crippen LogP contribution in [0.15, 0.2) is 42.6 Å². The molecule has 0 fully saturated rings. The average Bonchev–Trinajstić information content (AvgIpc) is 3.29. The van der Waals surface area contributed by atoms with Gasteiger partial charge in [-0.1, -0.05) is 6.07 Å². The van der Waals surface area contributed by atoms with E-state index in [-0.39, 0.29) is 6.79 Å². The molecular weight excluding hydrogens is 420 g/mol. The summed E-state index contributed by atoms with van der Waals surface area (Å²) < 4.78 is 22.3. The van der Waals surface area contributed by atoms with Gasteiger partial charge in [-0.25, -0.2) is 9.97 Å². The second-order valence-corrected chi connectivity index (χ2v) is 7.97. The SMILES string of the molecule is CCOc1ccc(CN2CCc3nc(Nc4ccc5c(c4)OCO5)ncc3C2)cc1OCC. The lowest BCUT2D eigenvalue weighted by Crippen LogP contribution is -2.31. The molecular formula is C25H28N4O4. The number of hydrogen-bond acceptors (Lipinski definition) is 8. The molecule has 0 radical (unpaired) electrons. The zero-order valence-electron chi connectivity index (χ0n) is 19.0. The Hall–Kier alpha value is -3.52. The molecule has 2 aromatic carbocycles. The van der Waals surface area contributed by atoms with Crippen molar-refractivity contribution < 1.29 is 18.9 Å². The van der Waals surface area contributed by atoms with E-state index in [0.29, 0.717) is 19.2 Å². The molecule has 0 bridgehead atoms. The fourth-order valence-electron chi connectivity index (χ4n) is 4.13. The van der Waals surface area contributed by atoms with Crippen molar-refractivity contribution in [3.05, 3.63) is 59.4 Å². The van der Waals surface area contributed by atoms with Crippen LogP contribution in [0.4, 0.5) is 11.6 Å². The lowest BCUT2D eigenvalue weighted by atomic mass is 10.1. The fourth-order valence-corrected chi connectivity index (χ4v) is 4.13. The Morgan fingerprint density at radius 2 is 1.85 bits per heavy atom. The molecule has 1 aromatic heterocycles. The number of benzene rings is 2. The largest absolute Gasteiger partial charge is 0.490 e. The van der Waals surface area contributed by atoms with E-state index >= 15 is 0 Å². The third-order valence-electron chi connectivity index (χ3n) is 5.66. The molecule has 2 aliphatic rings. The topological polar surface area (TPSA) is 78.0 Å². The molecule has 0 aliphatic carbocycles. The summed E-state index contributed by atoms with van der Waals surface area (Å²) in [5.74, 6) is 3.68. The first kappa shape index (κ1) is 21.3. The van der Waals surface area contributed by atoms with Gasteiger partial charge in [0.2, 0.25) is 12.7 Å². The number of fused-ring (bicyclic) bond motifs is 2. The molecule has 1 N–H and O–H groups in total. The normalized spacial score (nSPS) is 14.6. The van der Waals surface area contributed by atoms with Crippen LogP contribution in [0.25, 0.3) is 0 Å². The molecule has 0 atom stereocenters. The zero-order chi connectivity index (χ0) is 22.6. The molecule has 0 amide bonds. The minimum absolute atomic E-state index is 0.258. The van der Waals surface area contributed by atoms with Gasteiger partial charge < -0.3 is 24.3 Å². The predicted octanol–water partition coefficient (Wildman–Crippen LogP) is 4.30. The fraction of sp³-hybridized carbons (Fsp3) is 0.360. The molecule has 3 heterocycles. The second-order valence-electron chi connectivity index (χ2n) is 7.97. The molecule has 2 aliphatic heterocycles. The van der Waals surface area contributed by atoms with Crippen molar-refractivity contribution in [1.29, 1.82) is 0 Å². The number of hydrogen-bond donors (Lipinski definition) is 1. The predicted molar refractivity (Wildman–Crippen MR) is 124 cm³/mol. The monoisotopic (exact) mass is 448 g/mol. The Bertz CT molecular complexity index is 1140. The van der Waals surface area contributed by atoms with Gasteiger partial charge in [0.15, 0.2) is 23.0 Å². The Morgan fingerprint density at radius 1 is 1.00 bits per heavy atom. The van der Waals surface area contributed by atoms with Gasteiger partial charge in [0.1, 0.15) is 0 Å². The number of nitrogens with one attached hydrogen (secondary N) is 1. The lowest BCUT2D eigenvalue weighted by Gasteiger charge is -2.28. The van der Waals surface area contributed by atoms with Gasteiger partial charge in [-0.05, 0) is 43.7 Å². The second kappa shape index (κ2) is 9.54. The van der Waals surface area contributed by atoms with Crippen molar-refractivity contribution in [2.45, 2.75) is 33.4 Å². The third-order valence-corrected chi connectivity index (χ3v) is 5.66. The Kier molecular flexibility index (Phi) is 6.17. The molecule has 5 rings (SSSR count). The minimum Gasteiger partial charge on any atom is -0.490 e. The van der Waals surface area contributed by atoms with Crippen LogP contribution in [-0.4, -0.2) is 41.4 Å². The highest BCUT2D eigenvalue weighted by atomic mass is 16.7. The zero-order valence-corrected chi connectivity index (χ0v) is 19.0. The molecule has 8 heteroatoms. The van der Waals surface area contributed by atoms with E-state index in [4.69, 9.17) is 23.9 Å². The van der Waals surface area contributed by atoms with Crippen LogP contribution >= 0.6 is 0 Å². The summed E-state index contributed by atoms with van der Waals surface area (Å²) in [7, 11) is 0. The molecule has 0 saturated heterocycles. The van der Waals surface area contributed by atoms with Gasteiger partial charge in [-0.3, -0.25) is 4.90 Å². The maximum Gasteiger partial charge on any atom is 0.231 e. The molecule has 0 unspecified atom stereocenters. The van der Waals surface area contributed by atoms with E-state index in [1.165, 1.54) is 5.56 Å². The standard InChI is InChI=1S/C25H28N4O4/c1-3-30-21-7-5-17(11-23(21)31-4-2)14-29-10-9-20-18(15-29)13-26-25(28-20)27-19-6-8-22-24(12-19)33-16-32-22/h5-8,11-13H,3-4,9-10,14-16H2,1-2H3,(H,26,27,28). The van der Waals surface area contributed by atoms with Crippen LogP contribution in [-0.2, 0) is 19.5 Å². The number of aromatic nitrogens is 2. The van der Waals surface area contributed by atoms with Crippen molar-refractivity contribution in [3.63, 3.8) is 0 Å². The maximum atomic E-state index is 5.78. The molecule has 0 spiro atoms. The summed E-state index contributed by atoms with van der Waals surface area (Å²) >= 11 is 0. The van der Waals surface area contributed by atoms with E-state index in [1.807, 2.05) is 44.3 Å². The summed E-state index contributed by atoms with van der Waals surface area (Å²) in [6.07, 6.45) is 2.80. The van der Waals surface area contributed by atoms with Crippen molar-refractivity contribution in [3.8, 4) is 23.0 Å². The van der Waals surface area contributed by atoms with Crippen LogP contribution < -0.4 is 24.3 Å². The Labute approximate surface area is 193 Å². The van der Waals surface area contributed by atoms with E-state index in [2.05, 4.69) is 27.3 Å². The molecule has 8 nitrogen and oxygen atoms in total. The highest BCUT2D eigenvalue weighted by Crippen LogP contribution is 2.35. The van der Waals surface area contributed by atoms with E-state index in [0.717, 1.165) is 66.0 Å². The molecule has 0 saturated carbocycles. The number of rotatable bonds is 8. The summed E-state index contributed by atoms with van der Waals surface area (Å²) in [6, 6.07) is 11.9. The van der Waals surface area contributed by atoms with Crippen molar-refractivity contribution in [2.75, 3.05) is 31.9 Å². The van der Waals surface area contributed by atoms with Crippen LogP contribution in [0.5, 0.6) is 23.0 Å². The number of nitrogens with zero attached hydrogens (tertiary/aromatic N) is 3. The van der Waals surface area contributed by atoms with E-state index < -0.39 is 0 Å². The summed E-state index contributed by atoms with van der Waals surface area (Å²) in [6.45, 7) is 8.04. The van der Waals surface area contributed by atoms with Crippen molar-refractivity contribution in [2.24, 2.45) is 0 Å². The Morgan fingerprint density at radius 3 is 2.73 bits per heavy atom. The smallest absolute Gasteiger partial charge is 0.231 e. The highest BCUT2D eigenvalue weighted by Gasteiger charge is 2.20. The van der Waals surface area contributed by atoms with E-state index in [9.17, 15) is 0 Å². The first-order valence-corrected chi connectivity index (χ1v) is 11.3. The highest BCUT2D eigenvalue weighted by molar-refractivity contribution is 5.60. The maximum absolute atomic E-state index is 5.78.